The van der Waals surface area contributed by atoms with E-state index in [2.05, 4.69) is 10.6 Å². The van der Waals surface area contributed by atoms with Crippen LogP contribution >= 0.6 is 23.2 Å². The third-order valence-electron chi connectivity index (χ3n) is 2.64. The zero-order valence-corrected chi connectivity index (χ0v) is 12.6. The van der Waals surface area contributed by atoms with Crippen molar-refractivity contribution in [3.8, 4) is 0 Å². The van der Waals surface area contributed by atoms with Crippen LogP contribution < -0.4 is 10.6 Å². The minimum Gasteiger partial charge on any atom is -0.481 e. The van der Waals surface area contributed by atoms with Gasteiger partial charge in [0, 0.05) is 35.1 Å². The van der Waals surface area contributed by atoms with Gasteiger partial charge in [-0.25, -0.2) is 4.79 Å². The van der Waals surface area contributed by atoms with E-state index in [9.17, 15) is 14.7 Å². The Morgan fingerprint density at radius 3 is 2.38 bits per heavy atom. The van der Waals surface area contributed by atoms with Gasteiger partial charge in [0.1, 0.15) is 0 Å². The van der Waals surface area contributed by atoms with Crippen molar-refractivity contribution in [3.05, 3.63) is 33.8 Å². The van der Waals surface area contributed by atoms with Gasteiger partial charge in [0.15, 0.2) is 0 Å². The first kappa shape index (κ1) is 17.6. The van der Waals surface area contributed by atoms with Crippen molar-refractivity contribution in [2.75, 3.05) is 13.1 Å². The molecule has 1 atom stereocenters. The minimum atomic E-state index is -1.03. The highest BCUT2D eigenvalue weighted by Gasteiger charge is 2.16. The van der Waals surface area contributed by atoms with Gasteiger partial charge in [0.05, 0.1) is 6.10 Å². The lowest BCUT2D eigenvalue weighted by Gasteiger charge is -2.15. The number of aliphatic hydroxyl groups excluding tert-OH is 1. The summed E-state index contributed by atoms with van der Waals surface area (Å²) >= 11 is 11.9. The zero-order chi connectivity index (χ0) is 15.8. The van der Waals surface area contributed by atoms with Gasteiger partial charge in [-0.05, 0) is 18.6 Å². The van der Waals surface area contributed by atoms with Gasteiger partial charge in [-0.2, -0.15) is 0 Å². The van der Waals surface area contributed by atoms with Crippen molar-refractivity contribution in [2.24, 2.45) is 0 Å². The molecule has 0 aliphatic carbocycles. The molecule has 4 N–H and O–H groups in total. The molecule has 0 saturated carbocycles. The zero-order valence-electron chi connectivity index (χ0n) is 11.1. The number of rotatable bonds is 7. The molecule has 0 fully saturated rings. The number of hydrogen-bond donors (Lipinski definition) is 4. The molecule has 8 heteroatoms. The molecule has 0 radical (unpaired) electrons. The molecule has 0 aliphatic rings. The molecule has 1 aromatic rings. The quantitative estimate of drug-likeness (QED) is 0.574. The maximum absolute atomic E-state index is 11.4. The smallest absolute Gasteiger partial charge is 0.314 e. The van der Waals surface area contributed by atoms with Gasteiger partial charge in [-0.3, -0.25) is 4.79 Å². The summed E-state index contributed by atoms with van der Waals surface area (Å²) in [6.07, 6.45) is -0.712. The second-order valence-electron chi connectivity index (χ2n) is 4.29. The van der Waals surface area contributed by atoms with E-state index in [4.69, 9.17) is 28.3 Å². The van der Waals surface area contributed by atoms with E-state index in [1.165, 1.54) is 0 Å². The SMILES string of the molecule is O=C(O)CCCNC(=O)NCC(O)c1c(Cl)cccc1Cl. The van der Waals surface area contributed by atoms with E-state index in [1.54, 1.807) is 18.2 Å². The Bertz CT molecular complexity index is 491. The third kappa shape index (κ3) is 6.20. The molecule has 21 heavy (non-hydrogen) atoms. The number of amides is 2. The fourth-order valence-corrected chi connectivity index (χ4v) is 2.27. The number of halogens is 2. The number of benzene rings is 1. The molecule has 116 valence electrons. The normalized spacial score (nSPS) is 11.8. The van der Waals surface area contributed by atoms with Crippen molar-refractivity contribution < 1.29 is 19.8 Å². The monoisotopic (exact) mass is 334 g/mol. The Hall–Kier alpha value is -1.50. The first-order valence-electron chi connectivity index (χ1n) is 6.27. The Morgan fingerprint density at radius 2 is 1.81 bits per heavy atom. The van der Waals surface area contributed by atoms with E-state index in [0.29, 0.717) is 22.0 Å². The largest absolute Gasteiger partial charge is 0.481 e. The molecule has 1 unspecified atom stereocenters. The van der Waals surface area contributed by atoms with E-state index in [0.717, 1.165) is 0 Å². The molecule has 0 saturated heterocycles. The van der Waals surface area contributed by atoms with Crippen LogP contribution in [0.2, 0.25) is 10.0 Å². The molecule has 6 nitrogen and oxygen atoms in total. The van der Waals surface area contributed by atoms with Crippen molar-refractivity contribution in [3.63, 3.8) is 0 Å². The summed E-state index contributed by atoms with van der Waals surface area (Å²) in [5.41, 5.74) is 0.354. The Morgan fingerprint density at radius 1 is 1.19 bits per heavy atom. The summed E-state index contributed by atoms with van der Waals surface area (Å²) < 4.78 is 0. The number of urea groups is 1. The maximum atomic E-state index is 11.4. The Balaban J connectivity index is 2.37. The molecule has 0 heterocycles. The van der Waals surface area contributed by atoms with Crippen molar-refractivity contribution in [1.82, 2.24) is 10.6 Å². The van der Waals surface area contributed by atoms with Crippen LogP contribution in [0.3, 0.4) is 0 Å². The van der Waals surface area contributed by atoms with Crippen LogP contribution in [0, 0.1) is 0 Å². The standard InChI is InChI=1S/C13H16Cl2N2O4/c14-8-3-1-4-9(15)12(8)10(18)7-17-13(21)16-6-2-5-11(19)20/h1,3-4,10,18H,2,5-7H2,(H,19,20)(H2,16,17,21). The first-order valence-corrected chi connectivity index (χ1v) is 7.03. The fourth-order valence-electron chi connectivity index (χ4n) is 1.62. The lowest BCUT2D eigenvalue weighted by atomic mass is 10.1. The Labute approximate surface area is 132 Å². The summed E-state index contributed by atoms with van der Waals surface area (Å²) in [5.74, 6) is -0.916. The summed E-state index contributed by atoms with van der Waals surface area (Å²) in [6.45, 7) is 0.176. The van der Waals surface area contributed by atoms with E-state index in [1.807, 2.05) is 0 Å². The number of carbonyl (C=O) groups excluding carboxylic acids is 1. The van der Waals surface area contributed by atoms with Gasteiger partial charge < -0.3 is 20.8 Å². The number of carbonyl (C=O) groups is 2. The van der Waals surface area contributed by atoms with Gasteiger partial charge >= 0.3 is 12.0 Å². The summed E-state index contributed by atoms with van der Waals surface area (Å²) in [4.78, 5) is 21.7. The van der Waals surface area contributed by atoms with Gasteiger partial charge in [0.2, 0.25) is 0 Å². The number of aliphatic hydroxyl groups is 1. The minimum absolute atomic E-state index is 0.0157. The van der Waals surface area contributed by atoms with Crippen LogP contribution in [-0.2, 0) is 4.79 Å². The van der Waals surface area contributed by atoms with Gasteiger partial charge in [-0.1, -0.05) is 29.3 Å². The summed E-state index contributed by atoms with van der Waals surface area (Å²) in [5, 5.41) is 24.0. The molecule has 0 bridgehead atoms. The second-order valence-corrected chi connectivity index (χ2v) is 5.10. The van der Waals surface area contributed by atoms with E-state index < -0.39 is 18.1 Å². The molecule has 0 aliphatic heterocycles. The summed E-state index contributed by atoms with van der Waals surface area (Å²) in [7, 11) is 0. The van der Waals surface area contributed by atoms with Gasteiger partial charge in [-0.15, -0.1) is 0 Å². The average molecular weight is 335 g/mol. The second kappa shape index (κ2) is 8.71. The predicted molar refractivity (Wildman–Crippen MR) is 79.7 cm³/mol. The average Bonchev–Trinajstić information content (AvgIpc) is 2.41. The Kier molecular flexibility index (Phi) is 7.28. The fraction of sp³-hybridized carbons (Fsp3) is 0.385. The van der Waals surface area contributed by atoms with Crippen LogP contribution in [-0.4, -0.2) is 35.3 Å². The molecule has 1 aromatic carbocycles. The topological polar surface area (TPSA) is 98.7 Å². The number of aliphatic carboxylic acids is 1. The predicted octanol–water partition coefficient (Wildman–Crippen LogP) is 2.19. The molecular weight excluding hydrogens is 319 g/mol. The summed E-state index contributed by atoms with van der Waals surface area (Å²) in [6, 6.07) is 4.35. The van der Waals surface area contributed by atoms with Crippen molar-refractivity contribution in [1.29, 1.82) is 0 Å². The molecule has 1 rings (SSSR count). The first-order chi connectivity index (χ1) is 9.91. The third-order valence-corrected chi connectivity index (χ3v) is 3.30. The molecule has 0 aromatic heterocycles. The lowest BCUT2D eigenvalue weighted by Crippen LogP contribution is -2.38. The van der Waals surface area contributed by atoms with Crippen LogP contribution in [0.15, 0.2) is 18.2 Å². The molecule has 2 amide bonds. The highest BCUT2D eigenvalue weighted by atomic mass is 35.5. The van der Waals surface area contributed by atoms with Gasteiger partial charge in [0.25, 0.3) is 0 Å². The molecule has 0 spiro atoms. The van der Waals surface area contributed by atoms with Crippen LogP contribution in [0.5, 0.6) is 0 Å². The number of nitrogens with one attached hydrogen (secondary N) is 2. The highest BCUT2D eigenvalue weighted by Crippen LogP contribution is 2.29. The van der Waals surface area contributed by atoms with E-state index in [-0.39, 0.29) is 19.5 Å². The van der Waals surface area contributed by atoms with Crippen LogP contribution in [0.1, 0.15) is 24.5 Å². The number of carboxylic acid groups (broad SMARTS) is 1. The van der Waals surface area contributed by atoms with Crippen molar-refractivity contribution in [2.45, 2.75) is 18.9 Å². The molecular formula is C13H16Cl2N2O4. The number of carboxylic acids is 1. The maximum Gasteiger partial charge on any atom is 0.314 e. The lowest BCUT2D eigenvalue weighted by molar-refractivity contribution is -0.137. The number of hydrogen-bond acceptors (Lipinski definition) is 3. The van der Waals surface area contributed by atoms with Crippen LogP contribution in [0.4, 0.5) is 4.79 Å². The highest BCUT2D eigenvalue weighted by molar-refractivity contribution is 6.36. The van der Waals surface area contributed by atoms with E-state index >= 15 is 0 Å². The van der Waals surface area contributed by atoms with Crippen molar-refractivity contribution >= 4 is 35.2 Å². The van der Waals surface area contributed by atoms with Crippen LogP contribution in [0.25, 0.3) is 0 Å².